The van der Waals surface area contributed by atoms with Gasteiger partial charge in [-0.3, -0.25) is 4.79 Å². The number of rotatable bonds is 1. The first-order valence-electron chi connectivity index (χ1n) is 4.07. The average molecular weight is 166 g/mol. The van der Waals surface area contributed by atoms with E-state index in [-0.39, 0.29) is 11.2 Å². The van der Waals surface area contributed by atoms with Crippen molar-refractivity contribution in [2.24, 2.45) is 5.41 Å². The second-order valence-electron chi connectivity index (χ2n) is 3.57. The van der Waals surface area contributed by atoms with E-state index in [1.807, 2.05) is 13.0 Å². The van der Waals surface area contributed by atoms with Gasteiger partial charge in [-0.25, -0.2) is 0 Å². The number of aliphatic hydroxyl groups excluding tert-OH is 1. The SMILES string of the molecule is CC1=CC(C)(C(C)O)C=CC1=O. The van der Waals surface area contributed by atoms with Crippen LogP contribution in [0.2, 0.25) is 0 Å². The molecule has 0 bridgehead atoms. The Morgan fingerprint density at radius 3 is 2.58 bits per heavy atom. The van der Waals surface area contributed by atoms with Crippen molar-refractivity contribution in [3.05, 3.63) is 23.8 Å². The fraction of sp³-hybridized carbons (Fsp3) is 0.500. The van der Waals surface area contributed by atoms with Crippen molar-refractivity contribution < 1.29 is 9.90 Å². The molecule has 0 heterocycles. The summed E-state index contributed by atoms with van der Waals surface area (Å²) >= 11 is 0. The van der Waals surface area contributed by atoms with Gasteiger partial charge in [0.15, 0.2) is 5.78 Å². The van der Waals surface area contributed by atoms with Crippen LogP contribution in [-0.4, -0.2) is 17.0 Å². The summed E-state index contributed by atoms with van der Waals surface area (Å²) in [6.07, 6.45) is 4.64. The van der Waals surface area contributed by atoms with Gasteiger partial charge in [-0.15, -0.1) is 0 Å². The molecule has 1 aliphatic rings. The summed E-state index contributed by atoms with van der Waals surface area (Å²) in [7, 11) is 0. The van der Waals surface area contributed by atoms with Gasteiger partial charge in [0.05, 0.1) is 6.10 Å². The molecule has 2 atom stereocenters. The van der Waals surface area contributed by atoms with Crippen LogP contribution in [0.4, 0.5) is 0 Å². The van der Waals surface area contributed by atoms with Crippen molar-refractivity contribution in [2.75, 3.05) is 0 Å². The molecule has 0 fully saturated rings. The molecule has 0 radical (unpaired) electrons. The minimum atomic E-state index is -0.461. The molecule has 1 N–H and O–H groups in total. The molecule has 2 unspecified atom stereocenters. The maximum Gasteiger partial charge on any atom is 0.180 e. The zero-order chi connectivity index (χ0) is 9.35. The molecule has 0 saturated heterocycles. The lowest BCUT2D eigenvalue weighted by atomic mass is 9.79. The summed E-state index contributed by atoms with van der Waals surface area (Å²) in [4.78, 5) is 11.1. The van der Waals surface area contributed by atoms with E-state index in [4.69, 9.17) is 0 Å². The lowest BCUT2D eigenvalue weighted by Gasteiger charge is -2.28. The molecular weight excluding hydrogens is 152 g/mol. The standard InChI is InChI=1S/C10H14O2/c1-7-6-10(3,8(2)11)5-4-9(7)12/h4-6,8,11H,1-3H3. The fourth-order valence-electron chi connectivity index (χ4n) is 1.23. The number of allylic oxidation sites excluding steroid dienone is 2. The number of aliphatic hydroxyl groups is 1. The summed E-state index contributed by atoms with van der Waals surface area (Å²) in [6.45, 7) is 5.40. The van der Waals surface area contributed by atoms with Gasteiger partial charge in [0.25, 0.3) is 0 Å². The average Bonchev–Trinajstić information content (AvgIpc) is 1.97. The number of ketones is 1. The van der Waals surface area contributed by atoms with Gasteiger partial charge >= 0.3 is 0 Å². The predicted octanol–water partition coefficient (Wildman–Crippen LogP) is 1.46. The highest BCUT2D eigenvalue weighted by molar-refractivity contribution is 6.04. The number of carbonyl (C=O) groups excluding carboxylic acids is 1. The smallest absolute Gasteiger partial charge is 0.180 e. The quantitative estimate of drug-likeness (QED) is 0.640. The Labute approximate surface area is 72.6 Å². The van der Waals surface area contributed by atoms with Crippen LogP contribution in [0.1, 0.15) is 20.8 Å². The summed E-state index contributed by atoms with van der Waals surface area (Å²) in [5.41, 5.74) is 0.332. The second-order valence-corrected chi connectivity index (χ2v) is 3.57. The lowest BCUT2D eigenvalue weighted by molar-refractivity contribution is -0.111. The number of carbonyl (C=O) groups is 1. The third-order valence-corrected chi connectivity index (χ3v) is 2.41. The van der Waals surface area contributed by atoms with Crippen LogP contribution in [0.3, 0.4) is 0 Å². The Hall–Kier alpha value is -0.890. The molecule has 0 spiro atoms. The van der Waals surface area contributed by atoms with Crippen molar-refractivity contribution in [3.8, 4) is 0 Å². The molecule has 0 aromatic rings. The normalized spacial score (nSPS) is 31.7. The van der Waals surface area contributed by atoms with Gasteiger partial charge in [-0.05, 0) is 25.5 Å². The summed E-state index contributed by atoms with van der Waals surface area (Å²) in [5, 5.41) is 9.43. The highest BCUT2D eigenvalue weighted by Crippen LogP contribution is 2.30. The first kappa shape index (κ1) is 9.20. The van der Waals surface area contributed by atoms with Gasteiger partial charge in [0.2, 0.25) is 0 Å². The van der Waals surface area contributed by atoms with E-state index >= 15 is 0 Å². The monoisotopic (exact) mass is 166 g/mol. The molecule has 0 saturated carbocycles. The Balaban J connectivity index is 2.99. The Morgan fingerprint density at radius 1 is 1.58 bits per heavy atom. The van der Waals surface area contributed by atoms with E-state index in [2.05, 4.69) is 0 Å². The van der Waals surface area contributed by atoms with Crippen molar-refractivity contribution in [2.45, 2.75) is 26.9 Å². The van der Waals surface area contributed by atoms with Gasteiger partial charge < -0.3 is 5.11 Å². The molecule has 0 aromatic carbocycles. The van der Waals surface area contributed by atoms with Crippen LogP contribution in [0, 0.1) is 5.41 Å². The number of hydrogen-bond donors (Lipinski definition) is 1. The van der Waals surface area contributed by atoms with Gasteiger partial charge in [-0.2, -0.15) is 0 Å². The number of hydrogen-bond acceptors (Lipinski definition) is 2. The maximum atomic E-state index is 11.1. The Morgan fingerprint density at radius 2 is 2.17 bits per heavy atom. The third kappa shape index (κ3) is 1.48. The van der Waals surface area contributed by atoms with E-state index in [9.17, 15) is 9.90 Å². The van der Waals surface area contributed by atoms with E-state index in [0.717, 1.165) is 0 Å². The highest BCUT2D eigenvalue weighted by atomic mass is 16.3. The summed E-state index contributed by atoms with van der Waals surface area (Å²) in [6, 6.07) is 0. The van der Waals surface area contributed by atoms with Crippen LogP contribution in [-0.2, 0) is 4.79 Å². The summed E-state index contributed by atoms with van der Waals surface area (Å²) in [5.74, 6) is 0.0353. The molecule has 0 aliphatic heterocycles. The van der Waals surface area contributed by atoms with Crippen LogP contribution in [0.15, 0.2) is 23.8 Å². The Bertz CT molecular complexity index is 261. The van der Waals surface area contributed by atoms with E-state index in [1.54, 1.807) is 19.9 Å². The molecule has 2 nitrogen and oxygen atoms in total. The van der Waals surface area contributed by atoms with Crippen LogP contribution in [0.25, 0.3) is 0 Å². The maximum absolute atomic E-state index is 11.1. The molecular formula is C10H14O2. The van der Waals surface area contributed by atoms with Crippen molar-refractivity contribution in [1.29, 1.82) is 0 Å². The highest BCUT2D eigenvalue weighted by Gasteiger charge is 2.28. The topological polar surface area (TPSA) is 37.3 Å². The minimum absolute atomic E-state index is 0.0353. The van der Waals surface area contributed by atoms with Crippen LogP contribution < -0.4 is 0 Å². The third-order valence-electron chi connectivity index (χ3n) is 2.41. The first-order valence-corrected chi connectivity index (χ1v) is 4.07. The van der Waals surface area contributed by atoms with E-state index < -0.39 is 6.10 Å². The molecule has 2 heteroatoms. The van der Waals surface area contributed by atoms with E-state index in [1.165, 1.54) is 6.08 Å². The van der Waals surface area contributed by atoms with Crippen molar-refractivity contribution in [1.82, 2.24) is 0 Å². The van der Waals surface area contributed by atoms with Gasteiger partial charge in [0.1, 0.15) is 0 Å². The van der Waals surface area contributed by atoms with E-state index in [0.29, 0.717) is 5.57 Å². The molecule has 12 heavy (non-hydrogen) atoms. The first-order chi connectivity index (χ1) is 5.46. The molecule has 1 aliphatic carbocycles. The zero-order valence-electron chi connectivity index (χ0n) is 7.66. The van der Waals surface area contributed by atoms with Crippen LogP contribution >= 0.6 is 0 Å². The second kappa shape index (κ2) is 2.87. The van der Waals surface area contributed by atoms with Gasteiger partial charge in [0, 0.05) is 5.41 Å². The fourth-order valence-corrected chi connectivity index (χ4v) is 1.23. The lowest BCUT2D eigenvalue weighted by Crippen LogP contribution is -2.28. The molecule has 0 amide bonds. The van der Waals surface area contributed by atoms with Crippen molar-refractivity contribution in [3.63, 3.8) is 0 Å². The predicted molar refractivity (Wildman–Crippen MR) is 47.7 cm³/mol. The zero-order valence-corrected chi connectivity index (χ0v) is 7.66. The van der Waals surface area contributed by atoms with Crippen molar-refractivity contribution >= 4 is 5.78 Å². The summed E-state index contributed by atoms with van der Waals surface area (Å²) < 4.78 is 0. The van der Waals surface area contributed by atoms with Gasteiger partial charge in [-0.1, -0.05) is 19.1 Å². The molecule has 0 aromatic heterocycles. The largest absolute Gasteiger partial charge is 0.392 e. The molecule has 66 valence electrons. The van der Waals surface area contributed by atoms with Crippen LogP contribution in [0.5, 0.6) is 0 Å². The Kier molecular flexibility index (Phi) is 2.20. The minimum Gasteiger partial charge on any atom is -0.392 e. The molecule has 1 rings (SSSR count).